The lowest BCUT2D eigenvalue weighted by atomic mass is 10.2. The number of pyridine rings is 1. The van der Waals surface area contributed by atoms with Crippen LogP contribution in [0.2, 0.25) is 0 Å². The SMILES string of the molecule is CCOCCOC(=O)/C(C#N)=C(\NCc1ccc(N(C)C)nc1)SC. The highest BCUT2D eigenvalue weighted by Gasteiger charge is 2.16. The van der Waals surface area contributed by atoms with Crippen LogP contribution in [0.15, 0.2) is 28.9 Å². The van der Waals surface area contributed by atoms with E-state index >= 15 is 0 Å². The number of ether oxygens (including phenoxy) is 2. The number of thioether (sulfide) groups is 1. The maximum absolute atomic E-state index is 12.0. The number of hydrogen-bond donors (Lipinski definition) is 1. The van der Waals surface area contributed by atoms with Crippen LogP contribution < -0.4 is 10.2 Å². The molecule has 0 aliphatic carbocycles. The van der Waals surface area contributed by atoms with Gasteiger partial charge in [0.25, 0.3) is 0 Å². The average molecular weight is 364 g/mol. The number of esters is 1. The quantitative estimate of drug-likeness (QED) is 0.292. The number of carbonyl (C=O) groups is 1. The van der Waals surface area contributed by atoms with Crippen molar-refractivity contribution in [1.82, 2.24) is 10.3 Å². The maximum atomic E-state index is 12.0. The maximum Gasteiger partial charge on any atom is 0.351 e. The molecule has 7 nitrogen and oxygen atoms in total. The van der Waals surface area contributed by atoms with Crippen molar-refractivity contribution in [3.05, 3.63) is 34.5 Å². The molecule has 1 aromatic rings. The number of nitriles is 1. The van der Waals surface area contributed by atoms with Gasteiger partial charge in [-0.3, -0.25) is 0 Å². The molecule has 0 saturated heterocycles. The molecule has 0 radical (unpaired) electrons. The van der Waals surface area contributed by atoms with Gasteiger partial charge in [-0.25, -0.2) is 9.78 Å². The molecule has 0 aliphatic heterocycles. The summed E-state index contributed by atoms with van der Waals surface area (Å²) in [7, 11) is 3.84. The van der Waals surface area contributed by atoms with Gasteiger partial charge in [-0.15, -0.1) is 11.8 Å². The third-order valence-corrected chi connectivity index (χ3v) is 3.89. The van der Waals surface area contributed by atoms with Crippen molar-refractivity contribution in [2.75, 3.05) is 45.1 Å². The Kier molecular flexibility index (Phi) is 9.43. The molecule has 0 bridgehead atoms. The first kappa shape index (κ1) is 20.8. The lowest BCUT2D eigenvalue weighted by Crippen LogP contribution is -2.19. The van der Waals surface area contributed by atoms with Gasteiger partial charge in [0.15, 0.2) is 5.57 Å². The smallest absolute Gasteiger partial charge is 0.351 e. The number of carbonyl (C=O) groups excluding carboxylic acids is 1. The lowest BCUT2D eigenvalue weighted by molar-refractivity contribution is -0.140. The van der Waals surface area contributed by atoms with E-state index in [4.69, 9.17) is 9.47 Å². The van der Waals surface area contributed by atoms with E-state index < -0.39 is 5.97 Å². The third kappa shape index (κ3) is 7.03. The first-order chi connectivity index (χ1) is 12.0. The third-order valence-electron chi connectivity index (χ3n) is 3.13. The molecule has 8 heteroatoms. The topological polar surface area (TPSA) is 87.5 Å². The molecule has 0 aliphatic rings. The summed E-state index contributed by atoms with van der Waals surface area (Å²) in [4.78, 5) is 18.3. The molecular formula is C17H24N4O3S. The second kappa shape index (κ2) is 11.3. The van der Waals surface area contributed by atoms with Crippen LogP contribution in [0, 0.1) is 11.3 Å². The van der Waals surface area contributed by atoms with Gasteiger partial charge in [-0.05, 0) is 24.8 Å². The van der Waals surface area contributed by atoms with E-state index in [1.165, 1.54) is 11.8 Å². The molecule has 0 fully saturated rings. The normalized spacial score (nSPS) is 11.3. The Bertz CT molecular complexity index is 624. The number of aromatic nitrogens is 1. The Morgan fingerprint density at radius 1 is 1.40 bits per heavy atom. The highest BCUT2D eigenvalue weighted by atomic mass is 32.2. The molecule has 25 heavy (non-hydrogen) atoms. The minimum Gasteiger partial charge on any atom is -0.459 e. The molecule has 0 unspecified atom stereocenters. The lowest BCUT2D eigenvalue weighted by Gasteiger charge is -2.13. The second-order valence-electron chi connectivity index (χ2n) is 5.13. The van der Waals surface area contributed by atoms with E-state index in [1.807, 2.05) is 44.1 Å². The van der Waals surface area contributed by atoms with Crippen molar-refractivity contribution >= 4 is 23.5 Å². The van der Waals surface area contributed by atoms with E-state index in [-0.39, 0.29) is 12.2 Å². The predicted octanol–water partition coefficient (Wildman–Crippen LogP) is 1.92. The summed E-state index contributed by atoms with van der Waals surface area (Å²) in [5.74, 6) is 0.208. The van der Waals surface area contributed by atoms with Gasteiger partial charge in [-0.1, -0.05) is 6.07 Å². The molecule has 0 spiro atoms. The Morgan fingerprint density at radius 3 is 2.68 bits per heavy atom. The summed E-state index contributed by atoms with van der Waals surface area (Å²) in [6.45, 7) is 3.30. The minimum atomic E-state index is -0.653. The summed E-state index contributed by atoms with van der Waals surface area (Å²) in [6, 6.07) is 5.77. The molecular weight excluding hydrogens is 340 g/mol. The molecule has 1 heterocycles. The van der Waals surface area contributed by atoms with Gasteiger partial charge in [0.2, 0.25) is 0 Å². The van der Waals surface area contributed by atoms with Crippen molar-refractivity contribution < 1.29 is 14.3 Å². The second-order valence-corrected chi connectivity index (χ2v) is 5.94. The van der Waals surface area contributed by atoms with Crippen LogP contribution in [0.25, 0.3) is 0 Å². The first-order valence-electron chi connectivity index (χ1n) is 7.82. The molecule has 0 saturated carbocycles. The number of anilines is 1. The molecule has 136 valence electrons. The Balaban J connectivity index is 2.71. The van der Waals surface area contributed by atoms with E-state index in [2.05, 4.69) is 10.3 Å². The monoisotopic (exact) mass is 364 g/mol. The van der Waals surface area contributed by atoms with E-state index in [9.17, 15) is 10.1 Å². The summed E-state index contributed by atoms with van der Waals surface area (Å²) in [5, 5.41) is 12.9. The Morgan fingerprint density at radius 2 is 2.16 bits per heavy atom. The van der Waals surface area contributed by atoms with Crippen LogP contribution >= 0.6 is 11.8 Å². The van der Waals surface area contributed by atoms with Crippen LogP contribution in [-0.4, -0.2) is 51.1 Å². The first-order valence-corrected chi connectivity index (χ1v) is 9.05. The zero-order valence-electron chi connectivity index (χ0n) is 15.0. The van der Waals surface area contributed by atoms with Crippen molar-refractivity contribution in [1.29, 1.82) is 5.26 Å². The summed E-state index contributed by atoms with van der Waals surface area (Å²) < 4.78 is 10.2. The fourth-order valence-electron chi connectivity index (χ4n) is 1.83. The summed E-state index contributed by atoms with van der Waals surface area (Å²) >= 11 is 1.29. The van der Waals surface area contributed by atoms with Gasteiger partial charge in [0, 0.05) is 33.4 Å². The molecule has 1 N–H and O–H groups in total. The molecule has 1 rings (SSSR count). The van der Waals surface area contributed by atoms with Crippen molar-refractivity contribution in [3.8, 4) is 6.07 Å². The standard InChI is InChI=1S/C17H24N4O3S/c1-5-23-8-9-24-17(22)14(10-18)16(25-4)20-12-13-6-7-15(19-11-13)21(2)3/h6-7,11,20H,5,8-9,12H2,1-4H3/b16-14+. The summed E-state index contributed by atoms with van der Waals surface area (Å²) in [6.07, 6.45) is 3.55. The Hall–Kier alpha value is -2.24. The molecule has 1 aromatic heterocycles. The fourth-order valence-corrected chi connectivity index (χ4v) is 2.38. The van der Waals surface area contributed by atoms with Crippen LogP contribution in [0.3, 0.4) is 0 Å². The average Bonchev–Trinajstić information content (AvgIpc) is 2.62. The van der Waals surface area contributed by atoms with Gasteiger partial charge in [0.05, 0.1) is 11.6 Å². The van der Waals surface area contributed by atoms with Crippen molar-refractivity contribution in [2.24, 2.45) is 0 Å². The van der Waals surface area contributed by atoms with Crippen molar-refractivity contribution in [2.45, 2.75) is 13.5 Å². The van der Waals surface area contributed by atoms with Gasteiger partial charge >= 0.3 is 5.97 Å². The number of rotatable bonds is 10. The highest BCUT2D eigenvalue weighted by molar-refractivity contribution is 8.02. The fraction of sp³-hybridized carbons (Fsp3) is 0.471. The number of hydrogen-bond acceptors (Lipinski definition) is 8. The van der Waals surface area contributed by atoms with Crippen molar-refractivity contribution in [3.63, 3.8) is 0 Å². The van der Waals surface area contributed by atoms with Gasteiger partial charge in [0.1, 0.15) is 18.5 Å². The van der Waals surface area contributed by atoms with Crippen LogP contribution in [0.5, 0.6) is 0 Å². The largest absolute Gasteiger partial charge is 0.459 e. The highest BCUT2D eigenvalue weighted by Crippen LogP contribution is 2.16. The van der Waals surface area contributed by atoms with E-state index in [1.54, 1.807) is 12.5 Å². The molecule has 0 atom stereocenters. The Labute approximate surface area is 153 Å². The zero-order valence-corrected chi connectivity index (χ0v) is 15.9. The van der Waals surface area contributed by atoms with Gasteiger partial charge < -0.3 is 19.7 Å². The summed E-state index contributed by atoms with van der Waals surface area (Å²) in [5.41, 5.74) is 0.904. The van der Waals surface area contributed by atoms with Crippen LogP contribution in [0.4, 0.5) is 5.82 Å². The minimum absolute atomic E-state index is 0.0399. The van der Waals surface area contributed by atoms with E-state index in [0.717, 1.165) is 11.4 Å². The number of nitrogens with one attached hydrogen (secondary N) is 1. The van der Waals surface area contributed by atoms with Gasteiger partial charge in [-0.2, -0.15) is 5.26 Å². The molecule has 0 amide bonds. The van der Waals surface area contributed by atoms with E-state index in [0.29, 0.717) is 24.8 Å². The van der Waals surface area contributed by atoms with Crippen LogP contribution in [-0.2, 0) is 20.8 Å². The predicted molar refractivity (Wildman–Crippen MR) is 99.0 cm³/mol. The molecule has 0 aromatic carbocycles. The number of nitrogens with zero attached hydrogens (tertiary/aromatic N) is 3. The zero-order chi connectivity index (χ0) is 18.7. The van der Waals surface area contributed by atoms with Crippen LogP contribution in [0.1, 0.15) is 12.5 Å².